The highest BCUT2D eigenvalue weighted by Crippen LogP contribution is 2.34. The van der Waals surface area contributed by atoms with Gasteiger partial charge in [-0.05, 0) is 61.9 Å². The van der Waals surface area contributed by atoms with Gasteiger partial charge in [-0.2, -0.15) is 0 Å². The average molecular weight is 477 g/mol. The third-order valence-corrected chi connectivity index (χ3v) is 5.87. The molecule has 2 amide bonds. The number of carbonyl (C=O) groups is 2. The summed E-state index contributed by atoms with van der Waals surface area (Å²) in [7, 11) is 0. The van der Waals surface area contributed by atoms with Crippen molar-refractivity contribution in [2.24, 2.45) is 0 Å². The van der Waals surface area contributed by atoms with E-state index >= 15 is 0 Å². The number of carbonyl (C=O) groups excluding carboxylic acids is 2. The van der Waals surface area contributed by atoms with Gasteiger partial charge in [0.25, 0.3) is 11.8 Å². The standard InChI is InChI=1S/C22H21ClN2O4S2/c1-3-25-21(27)19(31-22(25)30)12-14-5-10-17(18(11-14)28-4-2)29-13-20(26)24-16-8-6-15(23)7-9-16/h5-12H,3-4,13H2,1-2H3,(H,24,26)/b19-12+. The quantitative estimate of drug-likeness (QED) is 0.428. The summed E-state index contributed by atoms with van der Waals surface area (Å²) in [5.74, 6) is 0.514. The molecule has 2 aromatic carbocycles. The Kier molecular flexibility index (Phi) is 7.95. The van der Waals surface area contributed by atoms with E-state index in [0.717, 1.165) is 5.56 Å². The first-order chi connectivity index (χ1) is 14.9. The van der Waals surface area contributed by atoms with E-state index in [9.17, 15) is 9.59 Å². The molecule has 9 heteroatoms. The van der Waals surface area contributed by atoms with Gasteiger partial charge in [0.05, 0.1) is 11.5 Å². The van der Waals surface area contributed by atoms with E-state index in [1.807, 2.05) is 13.8 Å². The second-order valence-electron chi connectivity index (χ2n) is 6.41. The first kappa shape index (κ1) is 23.1. The Hall–Kier alpha value is -2.55. The van der Waals surface area contributed by atoms with Gasteiger partial charge in [-0.25, -0.2) is 0 Å². The lowest BCUT2D eigenvalue weighted by Gasteiger charge is -2.13. The molecular weight excluding hydrogens is 456 g/mol. The van der Waals surface area contributed by atoms with Crippen molar-refractivity contribution in [1.82, 2.24) is 4.90 Å². The van der Waals surface area contributed by atoms with Gasteiger partial charge in [-0.1, -0.05) is 41.6 Å². The number of rotatable bonds is 8. The number of benzene rings is 2. The number of anilines is 1. The average Bonchev–Trinajstić information content (AvgIpc) is 3.01. The first-order valence-corrected chi connectivity index (χ1v) is 11.2. The highest BCUT2D eigenvalue weighted by Gasteiger charge is 2.30. The highest BCUT2D eigenvalue weighted by molar-refractivity contribution is 8.26. The fraction of sp³-hybridized carbons (Fsp3) is 0.227. The largest absolute Gasteiger partial charge is 0.490 e. The van der Waals surface area contributed by atoms with Gasteiger partial charge in [0.1, 0.15) is 4.32 Å². The van der Waals surface area contributed by atoms with E-state index in [1.165, 1.54) is 11.8 Å². The Bertz CT molecular complexity index is 1020. The van der Waals surface area contributed by atoms with E-state index in [0.29, 0.717) is 44.6 Å². The van der Waals surface area contributed by atoms with Crippen LogP contribution in [0.1, 0.15) is 19.4 Å². The monoisotopic (exact) mass is 476 g/mol. The summed E-state index contributed by atoms with van der Waals surface area (Å²) in [5.41, 5.74) is 1.40. The maximum Gasteiger partial charge on any atom is 0.266 e. The Morgan fingerprint density at radius 3 is 2.55 bits per heavy atom. The van der Waals surface area contributed by atoms with Crippen LogP contribution < -0.4 is 14.8 Å². The molecule has 3 rings (SSSR count). The molecule has 0 aliphatic carbocycles. The van der Waals surface area contributed by atoms with Crippen LogP contribution in [0.15, 0.2) is 47.4 Å². The molecule has 1 saturated heterocycles. The maximum absolute atomic E-state index is 12.4. The zero-order chi connectivity index (χ0) is 22.4. The molecule has 2 aromatic rings. The summed E-state index contributed by atoms with van der Waals surface area (Å²) in [6, 6.07) is 12.1. The predicted molar refractivity (Wildman–Crippen MR) is 129 cm³/mol. The minimum absolute atomic E-state index is 0.102. The van der Waals surface area contributed by atoms with Gasteiger partial charge in [-0.15, -0.1) is 0 Å². The second-order valence-corrected chi connectivity index (χ2v) is 8.52. The molecule has 1 aliphatic rings. The number of nitrogens with one attached hydrogen (secondary N) is 1. The molecule has 0 atom stereocenters. The van der Waals surface area contributed by atoms with Crippen molar-refractivity contribution in [1.29, 1.82) is 0 Å². The Balaban J connectivity index is 1.69. The minimum atomic E-state index is -0.308. The number of likely N-dealkylation sites (N-methyl/N-ethyl adjacent to an activating group) is 1. The lowest BCUT2D eigenvalue weighted by Crippen LogP contribution is -2.27. The fourth-order valence-electron chi connectivity index (χ4n) is 2.80. The zero-order valence-electron chi connectivity index (χ0n) is 17.0. The lowest BCUT2D eigenvalue weighted by atomic mass is 10.2. The van der Waals surface area contributed by atoms with E-state index in [4.69, 9.17) is 33.3 Å². The van der Waals surface area contributed by atoms with Gasteiger partial charge in [0.2, 0.25) is 0 Å². The summed E-state index contributed by atoms with van der Waals surface area (Å²) >= 11 is 12.4. The molecule has 162 valence electrons. The number of ether oxygens (including phenoxy) is 2. The van der Waals surface area contributed by atoms with Gasteiger partial charge in [0.15, 0.2) is 18.1 Å². The number of nitrogens with zero attached hydrogens (tertiary/aromatic N) is 1. The molecule has 31 heavy (non-hydrogen) atoms. The molecule has 1 N–H and O–H groups in total. The van der Waals surface area contributed by atoms with Crippen LogP contribution in [0.3, 0.4) is 0 Å². The second kappa shape index (κ2) is 10.7. The van der Waals surface area contributed by atoms with Crippen molar-refractivity contribution in [2.75, 3.05) is 25.1 Å². The van der Waals surface area contributed by atoms with Crippen LogP contribution in [0.5, 0.6) is 11.5 Å². The topological polar surface area (TPSA) is 67.9 Å². The number of thiocarbonyl (C=S) groups is 1. The third-order valence-electron chi connectivity index (χ3n) is 4.24. The summed E-state index contributed by atoms with van der Waals surface area (Å²) < 4.78 is 11.9. The van der Waals surface area contributed by atoms with Crippen molar-refractivity contribution in [3.05, 3.63) is 58.0 Å². The van der Waals surface area contributed by atoms with Crippen LogP contribution >= 0.6 is 35.6 Å². The normalized spacial score (nSPS) is 14.8. The van der Waals surface area contributed by atoms with Crippen LogP contribution in [0.25, 0.3) is 6.08 Å². The van der Waals surface area contributed by atoms with Crippen LogP contribution in [0, 0.1) is 0 Å². The maximum atomic E-state index is 12.4. The van der Waals surface area contributed by atoms with Crippen molar-refractivity contribution in [3.63, 3.8) is 0 Å². The van der Waals surface area contributed by atoms with Crippen molar-refractivity contribution in [2.45, 2.75) is 13.8 Å². The van der Waals surface area contributed by atoms with E-state index in [2.05, 4.69) is 5.32 Å². The number of hydrogen-bond acceptors (Lipinski definition) is 6. The zero-order valence-corrected chi connectivity index (χ0v) is 19.4. The molecule has 1 aliphatic heterocycles. The molecule has 1 heterocycles. The van der Waals surface area contributed by atoms with Gasteiger partial charge < -0.3 is 14.8 Å². The Morgan fingerprint density at radius 1 is 1.16 bits per heavy atom. The fourth-order valence-corrected chi connectivity index (χ4v) is 4.31. The van der Waals surface area contributed by atoms with Gasteiger partial charge in [-0.3, -0.25) is 14.5 Å². The summed E-state index contributed by atoms with van der Waals surface area (Å²) in [6.45, 7) is 4.52. The van der Waals surface area contributed by atoms with Crippen LogP contribution in [0.2, 0.25) is 5.02 Å². The minimum Gasteiger partial charge on any atom is -0.490 e. The molecule has 1 fully saturated rings. The molecule has 6 nitrogen and oxygen atoms in total. The van der Waals surface area contributed by atoms with Crippen molar-refractivity contribution >= 4 is 63.5 Å². The summed E-state index contributed by atoms with van der Waals surface area (Å²) in [6.07, 6.45) is 1.77. The highest BCUT2D eigenvalue weighted by atomic mass is 35.5. The van der Waals surface area contributed by atoms with Crippen LogP contribution in [0.4, 0.5) is 5.69 Å². The molecule has 0 bridgehead atoms. The van der Waals surface area contributed by atoms with E-state index < -0.39 is 0 Å². The summed E-state index contributed by atoms with van der Waals surface area (Å²) in [5, 5.41) is 3.33. The van der Waals surface area contributed by atoms with Gasteiger partial charge >= 0.3 is 0 Å². The van der Waals surface area contributed by atoms with E-state index in [1.54, 1.807) is 53.4 Å². The molecule has 0 radical (unpaired) electrons. The number of halogens is 1. The Labute approximate surface area is 195 Å². The Morgan fingerprint density at radius 2 is 1.90 bits per heavy atom. The molecule has 0 aromatic heterocycles. The van der Waals surface area contributed by atoms with Crippen molar-refractivity contribution in [3.8, 4) is 11.5 Å². The molecule has 0 saturated carbocycles. The molecule has 0 unspecified atom stereocenters. The summed E-state index contributed by atoms with van der Waals surface area (Å²) in [4.78, 5) is 26.7. The first-order valence-electron chi connectivity index (χ1n) is 9.61. The van der Waals surface area contributed by atoms with Gasteiger partial charge in [0, 0.05) is 17.3 Å². The van der Waals surface area contributed by atoms with Crippen molar-refractivity contribution < 1.29 is 19.1 Å². The SMILES string of the molecule is CCOc1cc(/C=C2/SC(=S)N(CC)C2=O)ccc1OCC(=O)Nc1ccc(Cl)cc1. The smallest absolute Gasteiger partial charge is 0.266 e. The number of thioether (sulfide) groups is 1. The molecular formula is C22H21ClN2O4S2. The number of amides is 2. The lowest BCUT2D eigenvalue weighted by molar-refractivity contribution is -0.122. The third kappa shape index (κ3) is 6.00. The predicted octanol–water partition coefficient (Wildman–Crippen LogP) is 4.98. The van der Waals surface area contributed by atoms with E-state index in [-0.39, 0.29) is 18.4 Å². The van der Waals surface area contributed by atoms with Crippen LogP contribution in [-0.4, -0.2) is 40.8 Å². The van der Waals surface area contributed by atoms with Crippen LogP contribution in [-0.2, 0) is 9.59 Å². The molecule has 0 spiro atoms. The number of hydrogen-bond donors (Lipinski definition) is 1.